The lowest BCUT2D eigenvalue weighted by molar-refractivity contribution is -0.119. The molecule has 0 fully saturated rings. The van der Waals surface area contributed by atoms with E-state index in [4.69, 9.17) is 23.8 Å². The van der Waals surface area contributed by atoms with E-state index in [0.717, 1.165) is 12.1 Å². The molecule has 0 bridgehead atoms. The number of halogens is 3. The maximum absolute atomic E-state index is 13.6. The van der Waals surface area contributed by atoms with Crippen LogP contribution in [0.4, 0.5) is 8.78 Å². The number of carbonyl (C=O) groups is 2. The maximum Gasteiger partial charge on any atom is 0.254 e. The number of amides is 2. The lowest BCUT2D eigenvalue weighted by Gasteiger charge is -2.13. The van der Waals surface area contributed by atoms with Crippen LogP contribution in [0.1, 0.15) is 16.8 Å². The molecule has 0 saturated carbocycles. The van der Waals surface area contributed by atoms with Crippen molar-refractivity contribution in [2.45, 2.75) is 12.5 Å². The highest BCUT2D eigenvalue weighted by atomic mass is 35.5. The van der Waals surface area contributed by atoms with Gasteiger partial charge in [0.1, 0.15) is 16.9 Å². The van der Waals surface area contributed by atoms with Crippen molar-refractivity contribution in [3.63, 3.8) is 0 Å². The first kappa shape index (κ1) is 14.9. The normalized spacial score (nSPS) is 11.5. The Balaban J connectivity index is 2.99. The average molecular weight is 287 g/mol. The molecule has 0 aliphatic carbocycles. The summed E-state index contributed by atoms with van der Waals surface area (Å²) in [5.41, 5.74) is 4.51. The molecule has 0 heterocycles. The Labute approximate surface area is 112 Å². The Bertz CT molecular complexity index is 570. The smallest absolute Gasteiger partial charge is 0.254 e. The first-order valence-electron chi connectivity index (χ1n) is 5.05. The second kappa shape index (κ2) is 6.16. The molecule has 2 amide bonds. The predicted octanol–water partition coefficient (Wildman–Crippen LogP) is 1.23. The molecule has 0 saturated heterocycles. The van der Waals surface area contributed by atoms with Crippen molar-refractivity contribution in [1.82, 2.24) is 5.32 Å². The van der Waals surface area contributed by atoms with E-state index in [-0.39, 0.29) is 6.42 Å². The number of hydrogen-bond acceptors (Lipinski definition) is 2. The molecule has 0 spiro atoms. The van der Waals surface area contributed by atoms with Crippen molar-refractivity contribution in [2.24, 2.45) is 5.73 Å². The molecular formula is C12H9ClF2N2O2. The van der Waals surface area contributed by atoms with Crippen molar-refractivity contribution in [2.75, 3.05) is 0 Å². The van der Waals surface area contributed by atoms with Crippen LogP contribution in [-0.4, -0.2) is 17.9 Å². The number of primary amides is 1. The Morgan fingerprint density at radius 2 is 2.11 bits per heavy atom. The number of hydrogen-bond donors (Lipinski definition) is 2. The Morgan fingerprint density at radius 1 is 1.47 bits per heavy atom. The fourth-order valence-corrected chi connectivity index (χ4v) is 1.44. The van der Waals surface area contributed by atoms with Crippen LogP contribution in [-0.2, 0) is 4.79 Å². The summed E-state index contributed by atoms with van der Waals surface area (Å²) in [5, 5.41) is 1.34. The zero-order valence-corrected chi connectivity index (χ0v) is 10.3. The molecule has 1 rings (SSSR count). The van der Waals surface area contributed by atoms with E-state index in [9.17, 15) is 18.4 Å². The predicted molar refractivity (Wildman–Crippen MR) is 65.3 cm³/mol. The highest BCUT2D eigenvalue weighted by Crippen LogP contribution is 2.21. The van der Waals surface area contributed by atoms with E-state index >= 15 is 0 Å². The summed E-state index contributed by atoms with van der Waals surface area (Å²) in [7, 11) is 0. The topological polar surface area (TPSA) is 72.2 Å². The zero-order chi connectivity index (χ0) is 14.6. The minimum absolute atomic E-state index is 0.141. The van der Waals surface area contributed by atoms with Gasteiger partial charge in [-0.15, -0.1) is 12.3 Å². The number of rotatable bonds is 4. The van der Waals surface area contributed by atoms with Crippen molar-refractivity contribution < 1.29 is 18.4 Å². The van der Waals surface area contributed by atoms with Gasteiger partial charge in [0, 0.05) is 6.42 Å². The molecule has 19 heavy (non-hydrogen) atoms. The summed E-state index contributed by atoms with van der Waals surface area (Å²) < 4.78 is 26.5. The van der Waals surface area contributed by atoms with Gasteiger partial charge in [0.15, 0.2) is 5.82 Å². The summed E-state index contributed by atoms with van der Waals surface area (Å²) in [6.07, 6.45) is 4.86. The van der Waals surface area contributed by atoms with E-state index in [1.54, 1.807) is 0 Å². The van der Waals surface area contributed by atoms with Gasteiger partial charge in [-0.3, -0.25) is 9.59 Å². The number of nitrogens with two attached hydrogens (primary N) is 1. The van der Waals surface area contributed by atoms with E-state index in [1.165, 1.54) is 0 Å². The monoisotopic (exact) mass is 286 g/mol. The fourth-order valence-electron chi connectivity index (χ4n) is 1.28. The largest absolute Gasteiger partial charge is 0.368 e. The summed E-state index contributed by atoms with van der Waals surface area (Å²) in [6.45, 7) is 0. The summed E-state index contributed by atoms with van der Waals surface area (Å²) in [5.74, 6) is -1.89. The summed E-state index contributed by atoms with van der Waals surface area (Å²) >= 11 is 5.33. The lowest BCUT2D eigenvalue weighted by atomic mass is 10.1. The Hall–Kier alpha value is -2.13. The number of terminal acetylenes is 1. The van der Waals surface area contributed by atoms with Gasteiger partial charge in [0.25, 0.3) is 5.91 Å². The minimum Gasteiger partial charge on any atom is -0.368 e. The standard InChI is InChI=1S/C12H9ClF2N2O2/c1-2-3-8(11(16)18)17-12(19)6-4-5-7(14)9(13)10(6)15/h1,4-5,8H,3H2,(H2,16,18)(H,17,19)/t8-/m0/s1. The second-order valence-corrected chi connectivity index (χ2v) is 3.94. The SMILES string of the molecule is C#CC[C@H](NC(=O)c1ccc(F)c(Cl)c1F)C(N)=O. The molecule has 1 atom stereocenters. The third kappa shape index (κ3) is 3.42. The van der Waals surface area contributed by atoms with E-state index in [2.05, 4.69) is 11.2 Å². The van der Waals surface area contributed by atoms with Gasteiger partial charge < -0.3 is 11.1 Å². The van der Waals surface area contributed by atoms with Gasteiger partial charge in [0.05, 0.1) is 5.56 Å². The van der Waals surface area contributed by atoms with Gasteiger partial charge in [-0.2, -0.15) is 0 Å². The van der Waals surface area contributed by atoms with Crippen molar-refractivity contribution in [1.29, 1.82) is 0 Å². The average Bonchev–Trinajstić information content (AvgIpc) is 2.35. The van der Waals surface area contributed by atoms with E-state index < -0.39 is 40.1 Å². The Kier molecular flexibility index (Phi) is 4.84. The quantitative estimate of drug-likeness (QED) is 0.645. The zero-order valence-electron chi connectivity index (χ0n) is 9.54. The molecule has 1 aromatic carbocycles. The molecule has 0 aliphatic heterocycles. The second-order valence-electron chi connectivity index (χ2n) is 3.56. The van der Waals surface area contributed by atoms with Gasteiger partial charge in [-0.1, -0.05) is 11.6 Å². The van der Waals surface area contributed by atoms with E-state index in [1.807, 2.05) is 0 Å². The van der Waals surface area contributed by atoms with Crippen LogP contribution in [0, 0.1) is 24.0 Å². The van der Waals surface area contributed by atoms with Gasteiger partial charge >= 0.3 is 0 Å². The molecule has 0 aromatic heterocycles. The third-order valence-corrected chi connectivity index (χ3v) is 2.60. The molecule has 3 N–H and O–H groups in total. The first-order chi connectivity index (χ1) is 8.88. The third-order valence-electron chi connectivity index (χ3n) is 2.25. The molecule has 0 radical (unpaired) electrons. The highest BCUT2D eigenvalue weighted by Gasteiger charge is 2.22. The van der Waals surface area contributed by atoms with Crippen molar-refractivity contribution >= 4 is 23.4 Å². The highest BCUT2D eigenvalue weighted by molar-refractivity contribution is 6.31. The van der Waals surface area contributed by atoms with Crippen LogP contribution in [0.2, 0.25) is 5.02 Å². The van der Waals surface area contributed by atoms with Crippen molar-refractivity contribution in [3.8, 4) is 12.3 Å². The molecule has 4 nitrogen and oxygen atoms in total. The van der Waals surface area contributed by atoms with Crippen molar-refractivity contribution in [3.05, 3.63) is 34.4 Å². The molecule has 1 aromatic rings. The van der Waals surface area contributed by atoms with Gasteiger partial charge in [-0.05, 0) is 12.1 Å². The van der Waals surface area contributed by atoms with Crippen LogP contribution in [0.3, 0.4) is 0 Å². The number of benzene rings is 1. The van der Waals surface area contributed by atoms with Crippen LogP contribution >= 0.6 is 11.6 Å². The molecule has 0 unspecified atom stereocenters. The van der Waals surface area contributed by atoms with Crippen LogP contribution in [0.25, 0.3) is 0 Å². The van der Waals surface area contributed by atoms with Gasteiger partial charge in [0.2, 0.25) is 5.91 Å². The Morgan fingerprint density at radius 3 is 2.63 bits per heavy atom. The maximum atomic E-state index is 13.6. The number of nitrogens with one attached hydrogen (secondary N) is 1. The molecular weight excluding hydrogens is 278 g/mol. The minimum atomic E-state index is -1.22. The number of carbonyl (C=O) groups excluding carboxylic acids is 2. The molecule has 0 aliphatic rings. The van der Waals surface area contributed by atoms with E-state index in [0.29, 0.717) is 0 Å². The lowest BCUT2D eigenvalue weighted by Crippen LogP contribution is -2.44. The fraction of sp³-hybridized carbons (Fsp3) is 0.167. The van der Waals surface area contributed by atoms with Crippen LogP contribution in [0.5, 0.6) is 0 Å². The van der Waals surface area contributed by atoms with Crippen LogP contribution < -0.4 is 11.1 Å². The van der Waals surface area contributed by atoms with Crippen LogP contribution in [0.15, 0.2) is 12.1 Å². The first-order valence-corrected chi connectivity index (χ1v) is 5.43. The summed E-state index contributed by atoms with van der Waals surface area (Å²) in [4.78, 5) is 22.7. The molecule has 7 heteroatoms. The van der Waals surface area contributed by atoms with Gasteiger partial charge in [-0.25, -0.2) is 8.78 Å². The summed E-state index contributed by atoms with van der Waals surface area (Å²) in [6, 6.07) is 0.598. The molecule has 100 valence electrons.